The van der Waals surface area contributed by atoms with Gasteiger partial charge in [-0.3, -0.25) is 4.79 Å². The number of nitrogens with one attached hydrogen (secondary N) is 2. The lowest BCUT2D eigenvalue weighted by molar-refractivity contribution is -0.126. The number of fused-ring (bicyclic) bond motifs is 1. The fourth-order valence-electron chi connectivity index (χ4n) is 2.83. The average Bonchev–Trinajstić information content (AvgIpc) is 2.99. The van der Waals surface area contributed by atoms with Crippen LogP contribution in [-0.4, -0.2) is 56.7 Å². The molecule has 124 valence electrons. The van der Waals surface area contributed by atoms with Crippen molar-refractivity contribution in [1.29, 1.82) is 0 Å². The Morgan fingerprint density at radius 2 is 2.39 bits per heavy atom. The van der Waals surface area contributed by atoms with Gasteiger partial charge >= 0.3 is 6.03 Å². The largest absolute Gasteiger partial charge is 0.497 e. The monoisotopic (exact) mass is 319 g/mol. The molecule has 1 saturated heterocycles. The molecule has 7 heteroatoms. The molecule has 1 aromatic rings. The summed E-state index contributed by atoms with van der Waals surface area (Å²) in [5.41, 5.74) is 1.01. The van der Waals surface area contributed by atoms with Crippen LogP contribution in [0, 0.1) is 5.92 Å². The van der Waals surface area contributed by atoms with Gasteiger partial charge in [-0.05, 0) is 18.1 Å². The van der Waals surface area contributed by atoms with Crippen LogP contribution in [-0.2, 0) is 11.2 Å². The number of benzene rings is 1. The third kappa shape index (κ3) is 3.49. The molecule has 1 fully saturated rings. The number of ether oxygens (including phenoxy) is 2. The van der Waals surface area contributed by atoms with Gasteiger partial charge < -0.3 is 25.0 Å². The number of hydrogen-bond donors (Lipinski definition) is 2. The van der Waals surface area contributed by atoms with Gasteiger partial charge in [-0.1, -0.05) is 6.07 Å². The van der Waals surface area contributed by atoms with Gasteiger partial charge in [-0.25, -0.2) is 4.79 Å². The van der Waals surface area contributed by atoms with E-state index in [0.717, 1.165) is 17.1 Å². The predicted molar refractivity (Wildman–Crippen MR) is 83.7 cm³/mol. The molecule has 0 aromatic heterocycles. The molecule has 1 atom stereocenters. The first-order valence-electron chi connectivity index (χ1n) is 7.77. The molecule has 2 aliphatic rings. The van der Waals surface area contributed by atoms with Crippen LogP contribution in [0.3, 0.4) is 0 Å². The number of carbonyl (C=O) groups is 2. The molecular formula is C16H21N3O4. The van der Waals surface area contributed by atoms with E-state index in [1.54, 1.807) is 12.0 Å². The van der Waals surface area contributed by atoms with E-state index in [1.807, 2.05) is 18.2 Å². The number of hydrogen-bond acceptors (Lipinski definition) is 4. The molecule has 0 radical (unpaired) electrons. The van der Waals surface area contributed by atoms with Gasteiger partial charge in [-0.15, -0.1) is 0 Å². The summed E-state index contributed by atoms with van der Waals surface area (Å²) < 4.78 is 10.8. The SMILES string of the molecule is COc1ccc2c(c1)OC[C@H](C(=O)NCCN1CCNC1=O)C2. The van der Waals surface area contributed by atoms with Crippen LogP contribution >= 0.6 is 0 Å². The Morgan fingerprint density at radius 1 is 1.52 bits per heavy atom. The average molecular weight is 319 g/mol. The minimum Gasteiger partial charge on any atom is -0.497 e. The van der Waals surface area contributed by atoms with Crippen LogP contribution in [0.25, 0.3) is 0 Å². The summed E-state index contributed by atoms with van der Waals surface area (Å²) in [6.07, 6.45) is 0.648. The van der Waals surface area contributed by atoms with Crippen molar-refractivity contribution in [3.63, 3.8) is 0 Å². The molecule has 3 amide bonds. The Labute approximate surface area is 134 Å². The Bertz CT molecular complexity index is 605. The first kappa shape index (κ1) is 15.5. The van der Waals surface area contributed by atoms with E-state index < -0.39 is 0 Å². The molecule has 0 unspecified atom stereocenters. The molecule has 0 saturated carbocycles. The minimum atomic E-state index is -0.205. The van der Waals surface area contributed by atoms with Gasteiger partial charge in [0.1, 0.15) is 18.1 Å². The van der Waals surface area contributed by atoms with Crippen LogP contribution in [0.5, 0.6) is 11.5 Å². The Hall–Kier alpha value is -2.44. The summed E-state index contributed by atoms with van der Waals surface area (Å²) in [7, 11) is 1.61. The number of amides is 3. The third-order valence-electron chi connectivity index (χ3n) is 4.18. The highest BCUT2D eigenvalue weighted by molar-refractivity contribution is 5.80. The quantitative estimate of drug-likeness (QED) is 0.823. The van der Waals surface area contributed by atoms with E-state index in [0.29, 0.717) is 39.2 Å². The zero-order valence-corrected chi connectivity index (χ0v) is 13.1. The van der Waals surface area contributed by atoms with E-state index in [1.165, 1.54) is 0 Å². The van der Waals surface area contributed by atoms with E-state index in [-0.39, 0.29) is 17.9 Å². The highest BCUT2D eigenvalue weighted by Crippen LogP contribution is 2.30. The standard InChI is InChI=1S/C16H21N3O4/c1-22-13-3-2-11-8-12(10-23-14(11)9-13)15(20)17-4-6-19-7-5-18-16(19)21/h2-3,9,12H,4-8,10H2,1H3,(H,17,20)(H,18,21)/t12-/m1/s1. The fraction of sp³-hybridized carbons (Fsp3) is 0.500. The van der Waals surface area contributed by atoms with Crippen LogP contribution in [0.1, 0.15) is 5.56 Å². The van der Waals surface area contributed by atoms with Crippen molar-refractivity contribution in [2.45, 2.75) is 6.42 Å². The van der Waals surface area contributed by atoms with Crippen molar-refractivity contribution in [2.75, 3.05) is 39.9 Å². The second-order valence-electron chi connectivity index (χ2n) is 5.70. The van der Waals surface area contributed by atoms with Gasteiger partial charge in [0, 0.05) is 32.2 Å². The highest BCUT2D eigenvalue weighted by atomic mass is 16.5. The Balaban J connectivity index is 1.49. The van der Waals surface area contributed by atoms with Crippen molar-refractivity contribution in [3.05, 3.63) is 23.8 Å². The Morgan fingerprint density at radius 3 is 3.13 bits per heavy atom. The topological polar surface area (TPSA) is 79.9 Å². The summed E-state index contributed by atoms with van der Waals surface area (Å²) >= 11 is 0. The summed E-state index contributed by atoms with van der Waals surface area (Å²) in [5.74, 6) is 1.28. The van der Waals surface area contributed by atoms with E-state index in [4.69, 9.17) is 9.47 Å². The second kappa shape index (κ2) is 6.76. The van der Waals surface area contributed by atoms with Crippen molar-refractivity contribution in [2.24, 2.45) is 5.92 Å². The molecule has 3 rings (SSSR count). The van der Waals surface area contributed by atoms with Crippen LogP contribution in [0.4, 0.5) is 4.79 Å². The van der Waals surface area contributed by atoms with Gasteiger partial charge in [0.15, 0.2) is 0 Å². The fourth-order valence-corrected chi connectivity index (χ4v) is 2.83. The molecule has 0 bridgehead atoms. The molecule has 2 aliphatic heterocycles. The predicted octanol–water partition coefficient (Wildman–Crippen LogP) is 0.388. The molecule has 2 heterocycles. The van der Waals surface area contributed by atoms with Crippen molar-refractivity contribution < 1.29 is 19.1 Å². The van der Waals surface area contributed by atoms with E-state index in [9.17, 15) is 9.59 Å². The molecule has 7 nitrogen and oxygen atoms in total. The van der Waals surface area contributed by atoms with E-state index >= 15 is 0 Å². The number of carbonyl (C=O) groups excluding carboxylic acids is 2. The summed E-state index contributed by atoms with van der Waals surface area (Å²) in [6, 6.07) is 5.58. The molecule has 0 aliphatic carbocycles. The normalized spacial score (nSPS) is 19.6. The lowest BCUT2D eigenvalue weighted by Crippen LogP contribution is -2.41. The number of nitrogens with zero attached hydrogens (tertiary/aromatic N) is 1. The zero-order chi connectivity index (χ0) is 16.2. The molecule has 0 spiro atoms. The van der Waals surface area contributed by atoms with Crippen molar-refractivity contribution in [1.82, 2.24) is 15.5 Å². The van der Waals surface area contributed by atoms with Gasteiger partial charge in [0.2, 0.25) is 5.91 Å². The second-order valence-corrected chi connectivity index (χ2v) is 5.70. The summed E-state index contributed by atoms with van der Waals surface area (Å²) in [6.45, 7) is 2.70. The van der Waals surface area contributed by atoms with Gasteiger partial charge in [0.05, 0.1) is 13.0 Å². The third-order valence-corrected chi connectivity index (χ3v) is 4.18. The number of rotatable bonds is 5. The lowest BCUT2D eigenvalue weighted by Gasteiger charge is -2.25. The van der Waals surface area contributed by atoms with Crippen LogP contribution < -0.4 is 20.1 Å². The lowest BCUT2D eigenvalue weighted by atomic mass is 9.96. The van der Waals surface area contributed by atoms with Crippen LogP contribution in [0.2, 0.25) is 0 Å². The first-order chi connectivity index (χ1) is 11.2. The maximum absolute atomic E-state index is 12.3. The van der Waals surface area contributed by atoms with E-state index in [2.05, 4.69) is 10.6 Å². The Kier molecular flexibility index (Phi) is 4.55. The number of urea groups is 1. The number of methoxy groups -OCH3 is 1. The van der Waals surface area contributed by atoms with Crippen LogP contribution in [0.15, 0.2) is 18.2 Å². The maximum atomic E-state index is 12.3. The van der Waals surface area contributed by atoms with Gasteiger partial charge in [-0.2, -0.15) is 0 Å². The van der Waals surface area contributed by atoms with Gasteiger partial charge in [0.25, 0.3) is 0 Å². The summed E-state index contributed by atoms with van der Waals surface area (Å²) in [5, 5.41) is 5.62. The van der Waals surface area contributed by atoms with Crippen molar-refractivity contribution >= 4 is 11.9 Å². The molecule has 2 N–H and O–H groups in total. The first-order valence-corrected chi connectivity index (χ1v) is 7.77. The molecular weight excluding hydrogens is 298 g/mol. The minimum absolute atomic E-state index is 0.0360. The zero-order valence-electron chi connectivity index (χ0n) is 13.1. The van der Waals surface area contributed by atoms with Crippen molar-refractivity contribution in [3.8, 4) is 11.5 Å². The highest BCUT2D eigenvalue weighted by Gasteiger charge is 2.26. The molecule has 1 aromatic carbocycles. The summed E-state index contributed by atoms with van der Waals surface area (Å²) in [4.78, 5) is 25.4. The smallest absolute Gasteiger partial charge is 0.317 e. The molecule has 23 heavy (non-hydrogen) atoms. The maximum Gasteiger partial charge on any atom is 0.317 e.